The minimum atomic E-state index is 0.0388. The van der Waals surface area contributed by atoms with Gasteiger partial charge in [0, 0.05) is 39.2 Å². The normalized spacial score (nSPS) is 19.1. The Labute approximate surface area is 135 Å². The van der Waals surface area contributed by atoms with Gasteiger partial charge in [0.15, 0.2) is 0 Å². The average molecular weight is 317 g/mol. The summed E-state index contributed by atoms with van der Waals surface area (Å²) in [6, 6.07) is 2.43. The van der Waals surface area contributed by atoms with Gasteiger partial charge in [0.05, 0.1) is 6.04 Å². The van der Waals surface area contributed by atoms with Crippen LogP contribution < -0.4 is 15.5 Å². The number of nitrogens with one attached hydrogen (secondary N) is 2. The lowest BCUT2D eigenvalue weighted by Gasteiger charge is -2.27. The summed E-state index contributed by atoms with van der Waals surface area (Å²) in [6.45, 7) is 5.70. The molecule has 0 amide bonds. The van der Waals surface area contributed by atoms with E-state index in [1.165, 1.54) is 6.42 Å². The largest absolute Gasteiger partial charge is 0.424 e. The fourth-order valence-electron chi connectivity index (χ4n) is 2.88. The van der Waals surface area contributed by atoms with Crippen molar-refractivity contribution in [2.45, 2.75) is 38.8 Å². The van der Waals surface area contributed by atoms with Crippen LogP contribution in [0.5, 0.6) is 0 Å². The van der Waals surface area contributed by atoms with E-state index in [4.69, 9.17) is 4.42 Å². The number of hydrogen-bond acceptors (Lipinski definition) is 8. The van der Waals surface area contributed by atoms with Gasteiger partial charge in [-0.1, -0.05) is 0 Å². The van der Waals surface area contributed by atoms with E-state index in [0.29, 0.717) is 17.8 Å². The predicted octanol–water partition coefficient (Wildman–Crippen LogP) is 1.53. The number of rotatable bonds is 6. The molecule has 0 bridgehead atoms. The number of hydrogen-bond donors (Lipinski definition) is 2. The Morgan fingerprint density at radius 3 is 3.00 bits per heavy atom. The Hall–Kier alpha value is -2.22. The Balaban J connectivity index is 1.62. The highest BCUT2D eigenvalue weighted by atomic mass is 16.4. The van der Waals surface area contributed by atoms with Crippen molar-refractivity contribution in [1.82, 2.24) is 25.5 Å². The Kier molecular flexibility index (Phi) is 4.71. The third kappa shape index (κ3) is 3.58. The van der Waals surface area contributed by atoms with Crippen molar-refractivity contribution in [2.75, 3.05) is 30.4 Å². The molecule has 23 heavy (non-hydrogen) atoms. The van der Waals surface area contributed by atoms with Crippen LogP contribution in [0.2, 0.25) is 0 Å². The second kappa shape index (κ2) is 6.91. The Bertz CT molecular complexity index is 644. The van der Waals surface area contributed by atoms with E-state index in [0.717, 1.165) is 31.1 Å². The van der Waals surface area contributed by atoms with Gasteiger partial charge in [0.1, 0.15) is 18.0 Å². The molecule has 124 valence electrons. The molecule has 3 rings (SSSR count). The lowest BCUT2D eigenvalue weighted by Crippen LogP contribution is -2.39. The molecule has 1 aliphatic heterocycles. The van der Waals surface area contributed by atoms with Crippen molar-refractivity contribution in [3.63, 3.8) is 0 Å². The minimum absolute atomic E-state index is 0.0388. The molecule has 8 heteroatoms. The van der Waals surface area contributed by atoms with Gasteiger partial charge < -0.3 is 20.0 Å². The Morgan fingerprint density at radius 1 is 1.39 bits per heavy atom. The number of aromatic nitrogens is 4. The monoisotopic (exact) mass is 317 g/mol. The van der Waals surface area contributed by atoms with E-state index in [1.54, 1.807) is 13.3 Å². The fraction of sp³-hybridized carbons (Fsp3) is 0.600. The van der Waals surface area contributed by atoms with Crippen LogP contribution >= 0.6 is 0 Å². The van der Waals surface area contributed by atoms with Crippen LogP contribution in [0.25, 0.3) is 0 Å². The summed E-state index contributed by atoms with van der Waals surface area (Å²) in [5, 5.41) is 14.5. The van der Waals surface area contributed by atoms with Crippen molar-refractivity contribution >= 4 is 11.6 Å². The first-order chi connectivity index (χ1) is 11.2. The van der Waals surface area contributed by atoms with Crippen molar-refractivity contribution in [3.8, 4) is 0 Å². The molecule has 0 saturated carbocycles. The number of anilines is 2. The third-order valence-electron chi connectivity index (χ3n) is 4.15. The molecule has 0 unspecified atom stereocenters. The maximum absolute atomic E-state index is 5.48. The zero-order chi connectivity index (χ0) is 16.2. The molecule has 2 N–H and O–H groups in total. The summed E-state index contributed by atoms with van der Waals surface area (Å²) in [6.07, 6.45) is 3.91. The van der Waals surface area contributed by atoms with Gasteiger partial charge in [0.2, 0.25) is 11.8 Å². The van der Waals surface area contributed by atoms with Gasteiger partial charge in [-0.25, -0.2) is 9.97 Å². The zero-order valence-electron chi connectivity index (χ0n) is 13.8. The van der Waals surface area contributed by atoms with E-state index >= 15 is 0 Å². The molecule has 3 heterocycles. The van der Waals surface area contributed by atoms with Gasteiger partial charge >= 0.3 is 0 Å². The molecule has 1 aliphatic rings. The van der Waals surface area contributed by atoms with E-state index < -0.39 is 0 Å². The highest BCUT2D eigenvalue weighted by Gasteiger charge is 2.26. The van der Waals surface area contributed by atoms with Crippen molar-refractivity contribution in [2.24, 2.45) is 0 Å². The third-order valence-corrected chi connectivity index (χ3v) is 4.15. The highest BCUT2D eigenvalue weighted by molar-refractivity contribution is 5.49. The molecule has 0 aromatic carbocycles. The van der Waals surface area contributed by atoms with Crippen LogP contribution in [0.3, 0.4) is 0 Å². The van der Waals surface area contributed by atoms with Crippen molar-refractivity contribution < 1.29 is 4.42 Å². The van der Waals surface area contributed by atoms with E-state index in [1.807, 2.05) is 20.0 Å². The van der Waals surface area contributed by atoms with Crippen LogP contribution in [0, 0.1) is 6.92 Å². The number of aryl methyl sites for hydroxylation is 1. The van der Waals surface area contributed by atoms with Crippen molar-refractivity contribution in [3.05, 3.63) is 24.2 Å². The van der Waals surface area contributed by atoms with Gasteiger partial charge in [-0.05, 0) is 19.8 Å². The summed E-state index contributed by atoms with van der Waals surface area (Å²) in [5.74, 6) is 3.03. The maximum Gasteiger partial charge on any atom is 0.233 e. The molecule has 8 nitrogen and oxygen atoms in total. The molecule has 2 aromatic heterocycles. The maximum atomic E-state index is 5.48. The van der Waals surface area contributed by atoms with Crippen LogP contribution in [0.4, 0.5) is 11.6 Å². The molecular weight excluding hydrogens is 294 g/mol. The van der Waals surface area contributed by atoms with E-state index in [9.17, 15) is 0 Å². The van der Waals surface area contributed by atoms with Crippen LogP contribution in [0.15, 0.2) is 16.8 Å². The topological polar surface area (TPSA) is 92.0 Å². The highest BCUT2D eigenvalue weighted by Crippen LogP contribution is 2.25. The van der Waals surface area contributed by atoms with E-state index in [-0.39, 0.29) is 6.04 Å². The fourth-order valence-corrected chi connectivity index (χ4v) is 2.88. The summed E-state index contributed by atoms with van der Waals surface area (Å²) >= 11 is 0. The molecular formula is C15H23N7O. The number of nitrogens with zero attached hydrogens (tertiary/aromatic N) is 5. The second-order valence-corrected chi connectivity index (χ2v) is 5.79. The zero-order valence-corrected chi connectivity index (χ0v) is 13.8. The first-order valence-corrected chi connectivity index (χ1v) is 7.97. The molecule has 1 fully saturated rings. The van der Waals surface area contributed by atoms with Crippen molar-refractivity contribution in [1.29, 1.82) is 0 Å². The first-order valence-electron chi connectivity index (χ1n) is 7.97. The smallest absolute Gasteiger partial charge is 0.233 e. The Morgan fingerprint density at radius 2 is 2.26 bits per heavy atom. The van der Waals surface area contributed by atoms with Gasteiger partial charge in [-0.15, -0.1) is 10.2 Å². The predicted molar refractivity (Wildman–Crippen MR) is 87.4 cm³/mol. The summed E-state index contributed by atoms with van der Waals surface area (Å²) in [7, 11) is 1.86. The first kappa shape index (κ1) is 15.7. The summed E-state index contributed by atoms with van der Waals surface area (Å²) in [4.78, 5) is 10.9. The van der Waals surface area contributed by atoms with Crippen LogP contribution in [-0.4, -0.2) is 46.3 Å². The SMILES string of the molecule is CNc1cc(N2CCC[C@H]2CN[C@@H](C)c2nnc(C)o2)ncn1. The van der Waals surface area contributed by atoms with Crippen LogP contribution in [-0.2, 0) is 0 Å². The van der Waals surface area contributed by atoms with Gasteiger partial charge in [-0.3, -0.25) is 0 Å². The molecule has 0 aliphatic carbocycles. The lowest BCUT2D eigenvalue weighted by atomic mass is 10.2. The lowest BCUT2D eigenvalue weighted by molar-refractivity contribution is 0.394. The summed E-state index contributed by atoms with van der Waals surface area (Å²) in [5.41, 5.74) is 0. The minimum Gasteiger partial charge on any atom is -0.424 e. The molecule has 0 spiro atoms. The molecule has 2 atom stereocenters. The molecule has 0 radical (unpaired) electrons. The van der Waals surface area contributed by atoms with E-state index in [2.05, 4.69) is 35.7 Å². The van der Waals surface area contributed by atoms with Crippen LogP contribution in [0.1, 0.15) is 37.6 Å². The molecule has 1 saturated heterocycles. The standard InChI is InChI=1S/C15H23N7O/c1-10(15-21-20-11(2)23-15)17-8-12-5-4-6-22(12)14-7-13(16-3)18-9-19-14/h7,9-10,12,17H,4-6,8H2,1-3H3,(H,16,18,19)/t10-,12-/m0/s1. The average Bonchev–Trinajstić information content (AvgIpc) is 3.21. The van der Waals surface area contributed by atoms with Gasteiger partial charge in [0.25, 0.3) is 0 Å². The van der Waals surface area contributed by atoms with Gasteiger partial charge in [-0.2, -0.15) is 0 Å². The second-order valence-electron chi connectivity index (χ2n) is 5.79. The quantitative estimate of drug-likeness (QED) is 0.829. The molecule has 2 aromatic rings. The summed E-state index contributed by atoms with van der Waals surface area (Å²) < 4.78 is 5.48.